The van der Waals surface area contributed by atoms with Gasteiger partial charge in [0.15, 0.2) is 0 Å². The fraction of sp³-hybridized carbons (Fsp3) is 0. The van der Waals surface area contributed by atoms with Gasteiger partial charge in [-0.2, -0.15) is 7.68 Å². The van der Waals surface area contributed by atoms with Gasteiger partial charge in [0.05, 0.1) is 16.1 Å². The molecule has 12 heavy (non-hydrogen) atoms. The van der Waals surface area contributed by atoms with E-state index in [2.05, 4.69) is 16.1 Å². The molecule has 0 unspecified atom stereocenters. The Labute approximate surface area is 123 Å². The summed E-state index contributed by atoms with van der Waals surface area (Å²) in [5.74, 6) is 0. The molecule has 0 aliphatic heterocycles. The number of nitrogens with one attached hydrogen (secondary N) is 1. The molecule has 1 N–H and O–H groups in total. The first kappa shape index (κ1) is 12.8. The molecule has 0 spiro atoms. The summed E-state index contributed by atoms with van der Waals surface area (Å²) in [5, 5.41) is 0. The normalized spacial score (nSPS) is 9.17. The minimum Gasteiger partial charge on any atom is -1.00 e. The Morgan fingerprint density at radius 1 is 1.33 bits per heavy atom. The Morgan fingerprint density at radius 3 is 2.33 bits per heavy atom. The zero-order valence-corrected chi connectivity index (χ0v) is 11.3. The van der Waals surface area contributed by atoms with Gasteiger partial charge in [-0.25, -0.2) is 14.4 Å². The number of aromatic nitrogens is 3. The quantitative estimate of drug-likeness (QED) is 0.493. The molecule has 0 amide bonds. The van der Waals surface area contributed by atoms with Gasteiger partial charge < -0.3 is 1.43 Å². The summed E-state index contributed by atoms with van der Waals surface area (Å²) < 4.78 is 0.748. The van der Waals surface area contributed by atoms with E-state index in [1.165, 1.54) is 0 Å². The van der Waals surface area contributed by atoms with Gasteiger partial charge in [-0.15, -0.1) is 0 Å². The van der Waals surface area contributed by atoms with E-state index in [0.717, 1.165) is 0 Å². The van der Waals surface area contributed by atoms with Crippen molar-refractivity contribution in [3.8, 4) is 0 Å². The predicted octanol–water partition coefficient (Wildman–Crippen LogP) is -4.03. The fourth-order valence-corrected chi connectivity index (χ4v) is 0.897. The molecule has 1 aromatic rings. The average Bonchev–Trinajstić information content (AvgIpc) is 1.97. The van der Waals surface area contributed by atoms with E-state index in [0.29, 0.717) is 3.59 Å². The second-order valence-corrected chi connectivity index (χ2v) is 2.63. The van der Waals surface area contributed by atoms with E-state index in [-0.39, 0.29) is 56.9 Å². The first-order valence-corrected chi connectivity index (χ1v) is 3.39. The van der Waals surface area contributed by atoms with E-state index < -0.39 is 17.1 Å². The van der Waals surface area contributed by atoms with Crippen LogP contribution in [0.15, 0.2) is 14.4 Å². The second kappa shape index (κ2) is 4.89. The molecule has 0 radical (unpaired) electrons. The van der Waals surface area contributed by atoms with Crippen molar-refractivity contribution in [3.63, 3.8) is 0 Å². The number of nitrogens with zero attached hydrogens (tertiary/aromatic N) is 2. The number of H-pyrrole nitrogens is 1. The summed E-state index contributed by atoms with van der Waals surface area (Å²) in [6, 6.07) is 0. The summed E-state index contributed by atoms with van der Waals surface area (Å²) in [6.45, 7) is 0. The maximum atomic E-state index is 10.7. The van der Waals surface area contributed by atoms with Crippen LogP contribution in [0, 0.1) is 0 Å². The largest absolute Gasteiger partial charge is 1.00 e. The van der Waals surface area contributed by atoms with Crippen LogP contribution in [0.1, 0.15) is 1.43 Å². The van der Waals surface area contributed by atoms with Gasteiger partial charge in [0, 0.05) is 11.8 Å². The van der Waals surface area contributed by atoms with Crippen molar-refractivity contribution in [2.75, 3.05) is 0 Å². The Hall–Kier alpha value is 0.816. The molecule has 0 bridgehead atoms. The molecule has 1 aromatic heterocycles. The summed E-state index contributed by atoms with van der Waals surface area (Å²) in [7, 11) is 0. The number of aromatic amines is 1. The molecule has 62 valence electrons. The van der Waals surface area contributed by atoms with Gasteiger partial charge in [0.1, 0.15) is 0 Å². The molecular formula is C3H2BrClKN3O3. The average molecular weight is 283 g/mol. The third-order valence-electron chi connectivity index (χ3n) is 0.906. The fourth-order valence-electron chi connectivity index (χ4n) is 0.440. The molecule has 0 saturated carbocycles. The van der Waals surface area contributed by atoms with Crippen molar-refractivity contribution in [3.05, 3.63) is 31.5 Å². The summed E-state index contributed by atoms with van der Waals surface area (Å²) in [5.41, 5.74) is -2.77. The summed E-state index contributed by atoms with van der Waals surface area (Å²) >= 11 is 7.71. The second-order valence-electron chi connectivity index (χ2n) is 1.58. The van der Waals surface area contributed by atoms with Crippen molar-refractivity contribution >= 4 is 27.9 Å². The Balaban J connectivity index is 0. The summed E-state index contributed by atoms with van der Waals surface area (Å²) in [4.78, 5) is 33.7. The molecule has 0 atom stereocenters. The van der Waals surface area contributed by atoms with Crippen LogP contribution in [0.2, 0.25) is 0 Å². The maximum absolute atomic E-state index is 10.7. The predicted molar refractivity (Wildman–Crippen MR) is 42.3 cm³/mol. The number of halogens is 2. The van der Waals surface area contributed by atoms with Crippen molar-refractivity contribution in [1.82, 2.24) is 12.7 Å². The van der Waals surface area contributed by atoms with Crippen LogP contribution >= 0.6 is 27.9 Å². The van der Waals surface area contributed by atoms with Gasteiger partial charge in [0.25, 0.3) is 0 Å². The molecule has 9 heteroatoms. The third-order valence-corrected chi connectivity index (χ3v) is 1.83. The van der Waals surface area contributed by atoms with Gasteiger partial charge in [-0.1, -0.05) is 0 Å². The van der Waals surface area contributed by atoms with E-state index in [4.69, 9.17) is 11.8 Å². The molecule has 0 aliphatic carbocycles. The smallest absolute Gasteiger partial charge is 1.00 e. The van der Waals surface area contributed by atoms with Gasteiger partial charge >= 0.3 is 68.5 Å². The molecule has 1 rings (SSSR count). The SMILES string of the molecule is O=c1[nH]c(=O)n(Br)c(=O)n1Cl.[H-].[K+]. The van der Waals surface area contributed by atoms with E-state index in [9.17, 15) is 14.4 Å². The van der Waals surface area contributed by atoms with Crippen LogP contribution in [-0.2, 0) is 0 Å². The molecule has 0 aromatic carbocycles. The molecule has 0 saturated heterocycles. The van der Waals surface area contributed by atoms with E-state index in [1.54, 1.807) is 4.98 Å². The first-order chi connectivity index (χ1) is 5.04. The Kier molecular flexibility index (Phi) is 5.22. The number of hydrogen-bond acceptors (Lipinski definition) is 3. The van der Waals surface area contributed by atoms with Gasteiger partial charge in [-0.05, 0) is 0 Å². The first-order valence-electron chi connectivity index (χ1n) is 2.34. The molecule has 1 heterocycles. The monoisotopic (exact) mass is 281 g/mol. The van der Waals surface area contributed by atoms with Crippen LogP contribution in [0.5, 0.6) is 0 Å². The van der Waals surface area contributed by atoms with Crippen LogP contribution in [-0.4, -0.2) is 12.7 Å². The van der Waals surface area contributed by atoms with E-state index in [1.807, 2.05) is 0 Å². The molecule has 0 aliphatic rings. The van der Waals surface area contributed by atoms with Crippen LogP contribution in [0.4, 0.5) is 0 Å². The van der Waals surface area contributed by atoms with Crippen molar-refractivity contribution < 1.29 is 52.8 Å². The topological polar surface area (TPSA) is 76.9 Å². The van der Waals surface area contributed by atoms with E-state index >= 15 is 0 Å². The van der Waals surface area contributed by atoms with Gasteiger partial charge in [-0.3, -0.25) is 4.98 Å². The summed E-state index contributed by atoms with van der Waals surface area (Å²) in [6.07, 6.45) is 0. The van der Waals surface area contributed by atoms with Crippen LogP contribution in [0.3, 0.4) is 0 Å². The molecule has 6 nitrogen and oxygen atoms in total. The number of hydrogen-bond donors (Lipinski definition) is 1. The van der Waals surface area contributed by atoms with Crippen LogP contribution in [0.25, 0.3) is 0 Å². The zero-order valence-electron chi connectivity index (χ0n) is 6.88. The van der Waals surface area contributed by atoms with Crippen molar-refractivity contribution in [2.24, 2.45) is 0 Å². The minimum absolute atomic E-state index is 0. The van der Waals surface area contributed by atoms with Crippen LogP contribution < -0.4 is 68.5 Å². The third kappa shape index (κ3) is 2.41. The maximum Gasteiger partial charge on any atom is 1.00 e. The zero-order chi connectivity index (χ0) is 8.59. The number of rotatable bonds is 0. The molecule has 0 fully saturated rings. The van der Waals surface area contributed by atoms with Gasteiger partial charge in [0.2, 0.25) is 0 Å². The minimum atomic E-state index is -0.961. The van der Waals surface area contributed by atoms with Crippen molar-refractivity contribution in [2.45, 2.75) is 0 Å². The van der Waals surface area contributed by atoms with Crippen molar-refractivity contribution in [1.29, 1.82) is 0 Å². The Bertz CT molecular complexity index is 415. The molecular weight excluding hydrogens is 281 g/mol. The standard InChI is InChI=1S/C3HBrClN3O3.K.H/c4-7-1(9)6-2(10)8(5)3(7)11;;/h(H,6,9,10);;/q;+1;-1. The Morgan fingerprint density at radius 2 is 1.83 bits per heavy atom.